The van der Waals surface area contributed by atoms with Gasteiger partial charge < -0.3 is 10.1 Å². The molecule has 174 valence electrons. The van der Waals surface area contributed by atoms with E-state index in [2.05, 4.69) is 5.32 Å². The van der Waals surface area contributed by atoms with Gasteiger partial charge in [0.25, 0.3) is 17.3 Å². The molecule has 0 spiro atoms. The Kier molecular flexibility index (Phi) is 7.23. The van der Waals surface area contributed by atoms with Gasteiger partial charge in [-0.3, -0.25) is 25.0 Å². The molecule has 0 saturated carbocycles. The van der Waals surface area contributed by atoms with Crippen LogP contribution in [0, 0.1) is 37.4 Å². The molecule has 0 heterocycles. The van der Waals surface area contributed by atoms with E-state index < -0.39 is 44.5 Å². The number of carbonyl (C=O) groups excluding carboxylic acids is 2. The van der Waals surface area contributed by atoms with Crippen molar-refractivity contribution < 1.29 is 28.6 Å². The molecular formula is C23H13FN4O7. The second kappa shape index (κ2) is 10.5. The summed E-state index contributed by atoms with van der Waals surface area (Å²) in [6.45, 7) is 0. The molecule has 3 aromatic carbocycles. The van der Waals surface area contributed by atoms with Gasteiger partial charge in [0.05, 0.1) is 21.1 Å². The fourth-order valence-corrected chi connectivity index (χ4v) is 2.77. The van der Waals surface area contributed by atoms with E-state index in [4.69, 9.17) is 4.74 Å². The lowest BCUT2D eigenvalue weighted by Crippen LogP contribution is -2.14. The van der Waals surface area contributed by atoms with Crippen molar-refractivity contribution in [1.29, 1.82) is 5.26 Å². The highest BCUT2D eigenvalue weighted by Crippen LogP contribution is 2.23. The van der Waals surface area contributed by atoms with E-state index in [1.54, 1.807) is 6.07 Å². The van der Waals surface area contributed by atoms with Gasteiger partial charge in [0.15, 0.2) is 0 Å². The molecular weight excluding hydrogens is 463 g/mol. The number of amides is 1. The fourth-order valence-electron chi connectivity index (χ4n) is 2.77. The molecule has 0 bridgehead atoms. The van der Waals surface area contributed by atoms with E-state index in [-0.39, 0.29) is 17.0 Å². The molecule has 3 aromatic rings. The van der Waals surface area contributed by atoms with E-state index in [0.29, 0.717) is 5.56 Å². The van der Waals surface area contributed by atoms with Gasteiger partial charge in [-0.2, -0.15) is 5.26 Å². The standard InChI is InChI=1S/C23H13FN4O7/c24-20-9-6-18(28(33)34)12-21(20)26-22(29)16(13-25)10-14-4-7-19(8-5-14)35-23(30)15-2-1-3-17(11-15)27(31)32/h1-12H,(H,26,29). The summed E-state index contributed by atoms with van der Waals surface area (Å²) >= 11 is 0. The maximum atomic E-state index is 13.9. The largest absolute Gasteiger partial charge is 0.423 e. The molecule has 1 N–H and O–H groups in total. The van der Waals surface area contributed by atoms with E-state index in [9.17, 15) is 39.5 Å². The SMILES string of the molecule is N#CC(=Cc1ccc(OC(=O)c2cccc([N+](=O)[O-])c2)cc1)C(=O)Nc1cc([N+](=O)[O-])ccc1F. The highest BCUT2D eigenvalue weighted by molar-refractivity contribution is 6.09. The van der Waals surface area contributed by atoms with Gasteiger partial charge in [-0.05, 0) is 35.9 Å². The van der Waals surface area contributed by atoms with Gasteiger partial charge in [-0.1, -0.05) is 18.2 Å². The number of esters is 1. The second-order valence-corrected chi connectivity index (χ2v) is 6.81. The van der Waals surface area contributed by atoms with Crippen LogP contribution in [0.3, 0.4) is 0 Å². The monoisotopic (exact) mass is 476 g/mol. The van der Waals surface area contributed by atoms with Crippen molar-refractivity contribution >= 4 is 35.0 Å². The Bertz CT molecular complexity index is 1410. The molecule has 0 unspecified atom stereocenters. The molecule has 0 aliphatic carbocycles. The minimum Gasteiger partial charge on any atom is -0.423 e. The summed E-state index contributed by atoms with van der Waals surface area (Å²) in [7, 11) is 0. The molecule has 12 heteroatoms. The average molecular weight is 476 g/mol. The Morgan fingerprint density at radius 2 is 1.63 bits per heavy atom. The smallest absolute Gasteiger partial charge is 0.343 e. The Balaban J connectivity index is 1.73. The molecule has 0 aliphatic rings. The number of nitriles is 1. The molecule has 0 saturated heterocycles. The first-order valence-electron chi connectivity index (χ1n) is 9.61. The summed E-state index contributed by atoms with van der Waals surface area (Å²) in [5.41, 5.74) is -1.27. The third-order valence-corrected chi connectivity index (χ3v) is 4.47. The number of nitrogens with zero attached hydrogens (tertiary/aromatic N) is 3. The highest BCUT2D eigenvalue weighted by Gasteiger charge is 2.16. The Morgan fingerprint density at radius 3 is 2.26 bits per heavy atom. The summed E-state index contributed by atoms with van der Waals surface area (Å²) in [6.07, 6.45) is 1.18. The van der Waals surface area contributed by atoms with Crippen LogP contribution in [0.4, 0.5) is 21.5 Å². The topological polar surface area (TPSA) is 165 Å². The number of nitro benzene ring substituents is 2. The van der Waals surface area contributed by atoms with Gasteiger partial charge in [0.1, 0.15) is 23.2 Å². The highest BCUT2D eigenvalue weighted by atomic mass is 19.1. The molecule has 35 heavy (non-hydrogen) atoms. The van der Waals surface area contributed by atoms with Crippen molar-refractivity contribution in [2.24, 2.45) is 0 Å². The number of hydrogen-bond donors (Lipinski definition) is 1. The van der Waals surface area contributed by atoms with Crippen molar-refractivity contribution in [3.63, 3.8) is 0 Å². The Hall–Kier alpha value is -5.44. The molecule has 0 atom stereocenters. The first kappa shape index (κ1) is 24.2. The number of nitrogens with one attached hydrogen (secondary N) is 1. The van der Waals surface area contributed by atoms with E-state index in [1.807, 2.05) is 0 Å². The van der Waals surface area contributed by atoms with Gasteiger partial charge in [-0.15, -0.1) is 0 Å². The van der Waals surface area contributed by atoms with Crippen LogP contribution >= 0.6 is 0 Å². The van der Waals surface area contributed by atoms with Crippen LogP contribution < -0.4 is 10.1 Å². The van der Waals surface area contributed by atoms with Crippen LogP contribution in [0.25, 0.3) is 6.08 Å². The molecule has 3 rings (SSSR count). The number of rotatable bonds is 7. The van der Waals surface area contributed by atoms with Crippen molar-refractivity contribution in [2.75, 3.05) is 5.32 Å². The summed E-state index contributed by atoms with van der Waals surface area (Å²) in [5.74, 6) is -2.64. The zero-order chi connectivity index (χ0) is 25.5. The summed E-state index contributed by atoms with van der Waals surface area (Å²) in [6, 6.07) is 14.8. The molecule has 1 amide bonds. The van der Waals surface area contributed by atoms with Crippen LogP contribution in [0.5, 0.6) is 5.75 Å². The van der Waals surface area contributed by atoms with Crippen molar-refractivity contribution in [1.82, 2.24) is 0 Å². The average Bonchev–Trinajstić information content (AvgIpc) is 2.84. The first-order chi connectivity index (χ1) is 16.7. The van der Waals surface area contributed by atoms with Crippen LogP contribution in [0.1, 0.15) is 15.9 Å². The molecule has 11 nitrogen and oxygen atoms in total. The van der Waals surface area contributed by atoms with Crippen molar-refractivity contribution in [2.45, 2.75) is 0 Å². The number of hydrogen-bond acceptors (Lipinski definition) is 8. The molecule has 0 fully saturated rings. The Labute approximate surface area is 196 Å². The normalized spacial score (nSPS) is 10.7. The first-order valence-corrected chi connectivity index (χ1v) is 9.61. The number of ether oxygens (including phenoxy) is 1. The van der Waals surface area contributed by atoms with E-state index in [1.165, 1.54) is 48.5 Å². The second-order valence-electron chi connectivity index (χ2n) is 6.81. The Morgan fingerprint density at radius 1 is 0.971 bits per heavy atom. The van der Waals surface area contributed by atoms with Crippen LogP contribution in [-0.2, 0) is 4.79 Å². The number of halogens is 1. The number of non-ortho nitro benzene ring substituents is 2. The third-order valence-electron chi connectivity index (χ3n) is 4.47. The predicted octanol–water partition coefficient (Wildman–Crippen LogP) is 4.41. The van der Waals surface area contributed by atoms with Crippen molar-refractivity contribution in [3.05, 3.63) is 109 Å². The van der Waals surface area contributed by atoms with Crippen LogP contribution in [0.15, 0.2) is 72.3 Å². The molecule has 0 radical (unpaired) electrons. The van der Waals surface area contributed by atoms with Gasteiger partial charge in [-0.25, -0.2) is 9.18 Å². The fraction of sp³-hybridized carbons (Fsp3) is 0. The van der Waals surface area contributed by atoms with E-state index in [0.717, 1.165) is 24.3 Å². The zero-order valence-electron chi connectivity index (χ0n) is 17.5. The third kappa shape index (κ3) is 6.08. The minimum atomic E-state index is -0.993. The quantitative estimate of drug-likeness (QED) is 0.131. The van der Waals surface area contributed by atoms with Crippen LogP contribution in [0.2, 0.25) is 0 Å². The summed E-state index contributed by atoms with van der Waals surface area (Å²) in [5, 5.41) is 33.1. The van der Waals surface area contributed by atoms with Gasteiger partial charge in [0, 0.05) is 24.3 Å². The zero-order valence-corrected chi connectivity index (χ0v) is 17.5. The van der Waals surface area contributed by atoms with Gasteiger partial charge in [0.2, 0.25) is 0 Å². The maximum absolute atomic E-state index is 13.9. The minimum absolute atomic E-state index is 0.0278. The lowest BCUT2D eigenvalue weighted by atomic mass is 10.1. The number of nitro groups is 2. The lowest BCUT2D eigenvalue weighted by Gasteiger charge is -2.06. The summed E-state index contributed by atoms with van der Waals surface area (Å²) in [4.78, 5) is 44.9. The number of carbonyl (C=O) groups is 2. The number of anilines is 1. The maximum Gasteiger partial charge on any atom is 0.343 e. The van der Waals surface area contributed by atoms with Gasteiger partial charge >= 0.3 is 5.97 Å². The molecule has 0 aromatic heterocycles. The van der Waals surface area contributed by atoms with Crippen LogP contribution in [-0.4, -0.2) is 21.7 Å². The lowest BCUT2D eigenvalue weighted by molar-refractivity contribution is -0.385. The predicted molar refractivity (Wildman–Crippen MR) is 120 cm³/mol. The number of benzene rings is 3. The van der Waals surface area contributed by atoms with Crippen molar-refractivity contribution in [3.8, 4) is 11.8 Å². The van der Waals surface area contributed by atoms with E-state index >= 15 is 0 Å². The molecule has 0 aliphatic heterocycles. The summed E-state index contributed by atoms with van der Waals surface area (Å²) < 4.78 is 19.1.